The van der Waals surface area contributed by atoms with Crippen molar-refractivity contribution in [1.82, 2.24) is 15.0 Å². The Balaban J connectivity index is 1.76. The number of carbonyl (C=O) groups excluding carboxylic acids is 1. The summed E-state index contributed by atoms with van der Waals surface area (Å²) in [6, 6.07) is 10.8. The molecule has 0 bridgehead atoms. The zero-order chi connectivity index (χ0) is 14.7. The van der Waals surface area contributed by atoms with Gasteiger partial charge in [-0.3, -0.25) is 0 Å². The van der Waals surface area contributed by atoms with Gasteiger partial charge in [-0.2, -0.15) is 0 Å². The summed E-state index contributed by atoms with van der Waals surface area (Å²) in [6.07, 6.45) is 1.61. The third-order valence-corrected chi connectivity index (χ3v) is 2.95. The van der Waals surface area contributed by atoms with Crippen LogP contribution in [0, 0.1) is 0 Å². The SMILES string of the molecule is CCOC(=O)c1ccc(Nc2ccc3[nH]cnc3n2)cc1. The fraction of sp³-hybridized carbons (Fsp3) is 0.133. The Bertz CT molecular complexity index is 765. The maximum Gasteiger partial charge on any atom is 0.338 e. The van der Waals surface area contributed by atoms with E-state index in [-0.39, 0.29) is 5.97 Å². The molecule has 2 heterocycles. The van der Waals surface area contributed by atoms with Gasteiger partial charge in [0.2, 0.25) is 0 Å². The van der Waals surface area contributed by atoms with Crippen LogP contribution in [-0.4, -0.2) is 27.5 Å². The summed E-state index contributed by atoms with van der Waals surface area (Å²) in [5, 5.41) is 3.17. The van der Waals surface area contributed by atoms with Crippen LogP contribution in [0.4, 0.5) is 11.5 Å². The summed E-state index contributed by atoms with van der Waals surface area (Å²) in [5.74, 6) is 0.374. The lowest BCUT2D eigenvalue weighted by Gasteiger charge is -2.06. The van der Waals surface area contributed by atoms with Gasteiger partial charge in [0.25, 0.3) is 0 Å². The van der Waals surface area contributed by atoms with E-state index >= 15 is 0 Å². The Morgan fingerprint density at radius 2 is 2.05 bits per heavy atom. The van der Waals surface area contributed by atoms with Crippen LogP contribution in [-0.2, 0) is 4.74 Å². The van der Waals surface area contributed by atoms with Crippen LogP contribution in [0.25, 0.3) is 11.2 Å². The number of H-pyrrole nitrogens is 1. The largest absolute Gasteiger partial charge is 0.462 e. The topological polar surface area (TPSA) is 79.9 Å². The molecule has 0 saturated carbocycles. The van der Waals surface area contributed by atoms with Crippen LogP contribution in [0.3, 0.4) is 0 Å². The standard InChI is InChI=1S/C15H14N4O2/c1-2-21-15(20)10-3-5-11(6-4-10)18-13-8-7-12-14(19-13)17-9-16-12/h3-9H,2H2,1H3,(H2,16,17,18,19). The van der Waals surface area contributed by atoms with E-state index in [2.05, 4.69) is 20.3 Å². The van der Waals surface area contributed by atoms with Gasteiger partial charge in [0.15, 0.2) is 5.65 Å². The van der Waals surface area contributed by atoms with Crippen molar-refractivity contribution in [3.63, 3.8) is 0 Å². The second kappa shape index (κ2) is 5.62. The van der Waals surface area contributed by atoms with E-state index in [9.17, 15) is 4.79 Å². The second-order valence-electron chi connectivity index (χ2n) is 4.39. The van der Waals surface area contributed by atoms with Crippen LogP contribution in [0.15, 0.2) is 42.7 Å². The number of benzene rings is 1. The van der Waals surface area contributed by atoms with Gasteiger partial charge in [0.05, 0.1) is 24.0 Å². The molecule has 0 unspecified atom stereocenters. The molecule has 0 fully saturated rings. The Hall–Kier alpha value is -2.89. The lowest BCUT2D eigenvalue weighted by Crippen LogP contribution is -2.04. The van der Waals surface area contributed by atoms with Crippen molar-refractivity contribution in [2.45, 2.75) is 6.92 Å². The van der Waals surface area contributed by atoms with Crippen LogP contribution in [0.5, 0.6) is 0 Å². The normalized spacial score (nSPS) is 10.5. The van der Waals surface area contributed by atoms with Crippen molar-refractivity contribution in [1.29, 1.82) is 0 Å². The van der Waals surface area contributed by atoms with Crippen LogP contribution in [0.1, 0.15) is 17.3 Å². The van der Waals surface area contributed by atoms with Gasteiger partial charge in [-0.1, -0.05) is 0 Å². The van der Waals surface area contributed by atoms with Crippen LogP contribution in [0.2, 0.25) is 0 Å². The maximum atomic E-state index is 11.6. The number of imidazole rings is 1. The van der Waals surface area contributed by atoms with Crippen molar-refractivity contribution in [2.75, 3.05) is 11.9 Å². The molecule has 0 aliphatic heterocycles. The molecule has 6 nitrogen and oxygen atoms in total. The molecule has 3 aromatic rings. The number of fused-ring (bicyclic) bond motifs is 1. The lowest BCUT2D eigenvalue weighted by molar-refractivity contribution is 0.0526. The van der Waals surface area contributed by atoms with Crippen LogP contribution < -0.4 is 5.32 Å². The van der Waals surface area contributed by atoms with Gasteiger partial charge in [0.1, 0.15) is 5.82 Å². The average molecular weight is 282 g/mol. The average Bonchev–Trinajstić information content (AvgIpc) is 2.96. The quantitative estimate of drug-likeness (QED) is 0.719. The highest BCUT2D eigenvalue weighted by molar-refractivity contribution is 5.89. The predicted molar refractivity (Wildman–Crippen MR) is 79.6 cm³/mol. The van der Waals surface area contributed by atoms with Crippen molar-refractivity contribution >= 4 is 28.6 Å². The summed E-state index contributed by atoms with van der Waals surface area (Å²) < 4.78 is 4.94. The molecule has 3 rings (SSSR count). The van der Waals surface area contributed by atoms with E-state index < -0.39 is 0 Å². The highest BCUT2D eigenvalue weighted by Gasteiger charge is 2.06. The molecule has 2 aromatic heterocycles. The number of nitrogens with one attached hydrogen (secondary N) is 2. The minimum absolute atomic E-state index is 0.319. The Morgan fingerprint density at radius 1 is 1.24 bits per heavy atom. The number of hydrogen-bond donors (Lipinski definition) is 2. The molecule has 0 saturated heterocycles. The molecule has 0 amide bonds. The van der Waals surface area contributed by atoms with E-state index in [1.54, 1.807) is 25.4 Å². The van der Waals surface area contributed by atoms with Crippen molar-refractivity contribution in [3.8, 4) is 0 Å². The summed E-state index contributed by atoms with van der Waals surface area (Å²) in [6.45, 7) is 2.15. The van der Waals surface area contributed by atoms with Gasteiger partial charge in [-0.05, 0) is 43.3 Å². The van der Waals surface area contributed by atoms with Crippen molar-refractivity contribution in [3.05, 3.63) is 48.3 Å². The number of anilines is 2. The monoisotopic (exact) mass is 282 g/mol. The van der Waals surface area contributed by atoms with E-state index in [4.69, 9.17) is 4.74 Å². The number of nitrogens with zero attached hydrogens (tertiary/aromatic N) is 2. The number of hydrogen-bond acceptors (Lipinski definition) is 5. The first-order valence-electron chi connectivity index (χ1n) is 6.60. The third-order valence-electron chi connectivity index (χ3n) is 2.95. The van der Waals surface area contributed by atoms with Gasteiger partial charge >= 0.3 is 5.97 Å². The number of rotatable bonds is 4. The predicted octanol–water partition coefficient (Wildman–Crippen LogP) is 2.88. The molecule has 6 heteroatoms. The zero-order valence-corrected chi connectivity index (χ0v) is 11.5. The van der Waals surface area contributed by atoms with Gasteiger partial charge in [-0.15, -0.1) is 0 Å². The Labute approximate surface area is 121 Å². The van der Waals surface area contributed by atoms with Gasteiger partial charge < -0.3 is 15.0 Å². The number of esters is 1. The molecular weight excluding hydrogens is 268 g/mol. The summed E-state index contributed by atoms with van der Waals surface area (Å²) in [4.78, 5) is 23.0. The van der Waals surface area contributed by atoms with Crippen LogP contribution >= 0.6 is 0 Å². The van der Waals surface area contributed by atoms with E-state index in [1.807, 2.05) is 24.3 Å². The summed E-state index contributed by atoms with van der Waals surface area (Å²) >= 11 is 0. The first-order valence-corrected chi connectivity index (χ1v) is 6.60. The fourth-order valence-electron chi connectivity index (χ4n) is 1.94. The highest BCUT2D eigenvalue weighted by Crippen LogP contribution is 2.17. The van der Waals surface area contributed by atoms with E-state index in [1.165, 1.54) is 0 Å². The Morgan fingerprint density at radius 3 is 2.81 bits per heavy atom. The first kappa shape index (κ1) is 13.1. The Kier molecular flexibility index (Phi) is 3.51. The lowest BCUT2D eigenvalue weighted by atomic mass is 10.2. The number of aromatic amines is 1. The number of ether oxygens (including phenoxy) is 1. The summed E-state index contributed by atoms with van der Waals surface area (Å²) in [5.41, 5.74) is 2.91. The molecule has 106 valence electrons. The van der Waals surface area contributed by atoms with Gasteiger partial charge in [-0.25, -0.2) is 14.8 Å². The molecule has 21 heavy (non-hydrogen) atoms. The smallest absolute Gasteiger partial charge is 0.338 e. The fourth-order valence-corrected chi connectivity index (χ4v) is 1.94. The highest BCUT2D eigenvalue weighted by atomic mass is 16.5. The van der Waals surface area contributed by atoms with Crippen molar-refractivity contribution in [2.24, 2.45) is 0 Å². The van der Waals surface area contributed by atoms with E-state index in [0.717, 1.165) is 11.2 Å². The number of carbonyl (C=O) groups is 1. The minimum atomic E-state index is -0.319. The number of pyridine rings is 1. The minimum Gasteiger partial charge on any atom is -0.462 e. The molecule has 0 aliphatic carbocycles. The molecule has 0 radical (unpaired) electrons. The third kappa shape index (κ3) is 2.84. The van der Waals surface area contributed by atoms with Crippen molar-refractivity contribution < 1.29 is 9.53 Å². The van der Waals surface area contributed by atoms with Gasteiger partial charge in [0, 0.05) is 5.69 Å². The molecule has 0 aliphatic rings. The molecule has 2 N–H and O–H groups in total. The zero-order valence-electron chi connectivity index (χ0n) is 11.5. The molecular formula is C15H14N4O2. The number of aromatic nitrogens is 3. The second-order valence-corrected chi connectivity index (χ2v) is 4.39. The first-order chi connectivity index (χ1) is 10.3. The molecule has 0 atom stereocenters. The molecule has 0 spiro atoms. The molecule has 1 aromatic carbocycles. The summed E-state index contributed by atoms with van der Waals surface area (Å²) in [7, 11) is 0. The van der Waals surface area contributed by atoms with E-state index in [0.29, 0.717) is 23.6 Å². The maximum absolute atomic E-state index is 11.6.